The van der Waals surface area contributed by atoms with Gasteiger partial charge in [0.15, 0.2) is 0 Å². The number of halogens is 3. The molecular weight excluding hydrogens is 414 g/mol. The number of rotatable bonds is 4. The van der Waals surface area contributed by atoms with E-state index < -0.39 is 17.7 Å². The fraction of sp³-hybridized carbons (Fsp3) is 0.158. The first-order valence-corrected chi connectivity index (χ1v) is 9.11. The first-order valence-electron chi connectivity index (χ1n) is 8.29. The van der Waals surface area contributed by atoms with Crippen LogP contribution in [0.1, 0.15) is 17.0 Å². The van der Waals surface area contributed by atoms with Gasteiger partial charge >= 0.3 is 35.7 Å². The van der Waals surface area contributed by atoms with Crippen molar-refractivity contribution in [3.05, 3.63) is 63.5 Å². The van der Waals surface area contributed by atoms with Crippen LogP contribution in [0.15, 0.2) is 42.5 Å². The number of hydrogen-bond donors (Lipinski definition) is 1. The molecule has 0 spiro atoms. The molecule has 29 heavy (non-hydrogen) atoms. The zero-order chi connectivity index (χ0) is 19.9. The van der Waals surface area contributed by atoms with E-state index in [2.05, 4.69) is 10.4 Å². The summed E-state index contributed by atoms with van der Waals surface area (Å²) in [6.07, 6.45) is -2.89. The normalized spacial score (nSPS) is 13.3. The van der Waals surface area contributed by atoms with Crippen molar-refractivity contribution < 1.29 is 52.6 Å². The number of carboxylic acids is 1. The van der Waals surface area contributed by atoms with Crippen LogP contribution in [0.4, 0.5) is 13.2 Å². The Balaban J connectivity index is 0.00000240. The van der Waals surface area contributed by atoms with Gasteiger partial charge in [-0.25, -0.2) is 4.98 Å². The first kappa shape index (κ1) is 21.6. The molecule has 10 heteroatoms. The summed E-state index contributed by atoms with van der Waals surface area (Å²) < 4.78 is 39.3. The summed E-state index contributed by atoms with van der Waals surface area (Å²) in [6.45, 7) is 0.269. The largest absolute Gasteiger partial charge is 1.00 e. The molecule has 0 radical (unpaired) electrons. The van der Waals surface area contributed by atoms with Gasteiger partial charge in [0.2, 0.25) is 0 Å². The van der Waals surface area contributed by atoms with Crippen molar-refractivity contribution in [2.75, 3.05) is 0 Å². The Morgan fingerprint density at radius 1 is 1.21 bits per heavy atom. The average molecular weight is 427 g/mol. The Kier molecular flexibility index (Phi) is 6.23. The zero-order valence-corrected chi connectivity index (χ0v) is 18.1. The van der Waals surface area contributed by atoms with Crippen LogP contribution >= 0.6 is 11.3 Å². The maximum absolute atomic E-state index is 12.9. The second kappa shape index (κ2) is 8.35. The Morgan fingerprint density at radius 3 is 2.69 bits per heavy atom. The molecule has 1 aromatic heterocycles. The van der Waals surface area contributed by atoms with Crippen LogP contribution in [-0.2, 0) is 17.5 Å². The molecule has 0 saturated heterocycles. The van der Waals surface area contributed by atoms with Crippen molar-refractivity contribution in [1.82, 2.24) is 15.4 Å². The number of alkyl halides is 3. The van der Waals surface area contributed by atoms with Crippen molar-refractivity contribution in [2.45, 2.75) is 19.1 Å². The quantitative estimate of drug-likeness (QED) is 0.505. The molecule has 0 bridgehead atoms. The van der Waals surface area contributed by atoms with Gasteiger partial charge in [-0.05, 0) is 18.2 Å². The van der Waals surface area contributed by atoms with Gasteiger partial charge in [-0.15, -0.1) is 11.3 Å². The van der Waals surface area contributed by atoms with Crippen LogP contribution in [0.5, 0.6) is 0 Å². The molecule has 1 N–H and O–H groups in total. The molecule has 0 unspecified atom stereocenters. The second-order valence-electron chi connectivity index (χ2n) is 6.27. The minimum atomic E-state index is -4.42. The molecule has 0 amide bonds. The number of fused-ring (bicyclic) bond motifs is 2. The topological polar surface area (TPSA) is 68.3 Å². The number of benzene rings is 2. The molecular formula is C19H13F3N3NaO2S. The third-order valence-corrected chi connectivity index (χ3v) is 5.27. The van der Waals surface area contributed by atoms with Gasteiger partial charge in [0.05, 0.1) is 22.3 Å². The van der Waals surface area contributed by atoms with Crippen LogP contribution in [0.2, 0.25) is 0 Å². The third-order valence-electron chi connectivity index (χ3n) is 4.25. The van der Waals surface area contributed by atoms with Crippen LogP contribution < -0.4 is 50.5 Å². The Hall–Kier alpha value is -2.07. The molecule has 4 rings (SSSR count). The van der Waals surface area contributed by atoms with E-state index in [1.807, 2.05) is 24.3 Å². The molecule has 5 nitrogen and oxygen atoms in total. The van der Waals surface area contributed by atoms with E-state index in [0.29, 0.717) is 15.4 Å². The molecule has 2 aromatic carbocycles. The van der Waals surface area contributed by atoms with Crippen molar-refractivity contribution in [1.29, 1.82) is 0 Å². The number of hydrazine groups is 1. The number of nitrogens with one attached hydrogen (secondary N) is 1. The second-order valence-corrected chi connectivity index (χ2v) is 7.39. The van der Waals surface area contributed by atoms with E-state index >= 15 is 0 Å². The number of aromatic nitrogens is 1. The Labute approximate surface area is 189 Å². The summed E-state index contributed by atoms with van der Waals surface area (Å²) in [7, 11) is 0. The van der Waals surface area contributed by atoms with Crippen LogP contribution in [0.25, 0.3) is 22.1 Å². The summed E-state index contributed by atoms with van der Waals surface area (Å²) >= 11 is 1.29. The number of thiazole rings is 1. The van der Waals surface area contributed by atoms with Crippen molar-refractivity contribution in [3.63, 3.8) is 0 Å². The number of carboxylic acid groups (broad SMARTS) is 1. The standard InChI is InChI=1S/C19H14F3N3O2S.Na/c20-19(21,22)12-5-6-16-15(7-12)23-17(28-16)10-25-9-11-3-1-2-4-13(11)14(24-25)8-18(26)27;/h1-7,9,24H,8,10H2,(H,26,27);/q;+1/p-1. The summed E-state index contributed by atoms with van der Waals surface area (Å²) in [4.78, 5) is 15.4. The van der Waals surface area contributed by atoms with E-state index in [0.717, 1.165) is 22.6 Å². The van der Waals surface area contributed by atoms with Crippen LogP contribution in [0.3, 0.4) is 0 Å². The molecule has 1 aliphatic heterocycles. The summed E-state index contributed by atoms with van der Waals surface area (Å²) in [6, 6.07) is 10.8. The van der Waals surface area contributed by atoms with E-state index in [1.54, 1.807) is 11.2 Å². The van der Waals surface area contributed by atoms with Gasteiger partial charge in [-0.2, -0.15) is 13.2 Å². The smallest absolute Gasteiger partial charge is 0.550 e. The van der Waals surface area contributed by atoms with Gasteiger partial charge < -0.3 is 15.3 Å². The van der Waals surface area contributed by atoms with Gasteiger partial charge in [-0.1, -0.05) is 24.3 Å². The number of aliphatic carboxylic acids is 1. The SMILES string of the molecule is O=C([O-])CC1=c2ccccc2=CN(Cc2nc3cc(C(F)(F)F)ccc3s2)N1.[Na+]. The van der Waals surface area contributed by atoms with Crippen LogP contribution in [-0.4, -0.2) is 16.0 Å². The fourth-order valence-corrected chi connectivity index (χ4v) is 3.99. The number of hydrogen-bond acceptors (Lipinski definition) is 6. The summed E-state index contributed by atoms with van der Waals surface area (Å²) in [5, 5.41) is 14.9. The molecule has 144 valence electrons. The van der Waals surface area contributed by atoms with Gasteiger partial charge in [0.1, 0.15) is 5.01 Å². The van der Waals surface area contributed by atoms with Gasteiger partial charge in [-0.3, -0.25) is 5.01 Å². The molecule has 0 fully saturated rings. The average Bonchev–Trinajstić information content (AvgIpc) is 3.02. The number of carbonyl (C=O) groups excluding carboxylic acids is 1. The van der Waals surface area contributed by atoms with Crippen molar-refractivity contribution in [3.8, 4) is 0 Å². The maximum atomic E-state index is 12.9. The number of nitrogens with zero attached hydrogens (tertiary/aromatic N) is 2. The fourth-order valence-electron chi connectivity index (χ4n) is 3.05. The van der Waals surface area contributed by atoms with E-state index in [9.17, 15) is 23.1 Å². The molecule has 1 aliphatic rings. The first-order chi connectivity index (χ1) is 13.3. The molecule has 0 aliphatic carbocycles. The summed E-state index contributed by atoms with van der Waals surface area (Å²) in [5.74, 6) is -1.21. The van der Waals surface area contributed by atoms with Crippen molar-refractivity contribution in [2.24, 2.45) is 0 Å². The molecule has 0 saturated carbocycles. The minimum absolute atomic E-state index is 0. The monoisotopic (exact) mass is 427 g/mol. The van der Waals surface area contributed by atoms with Gasteiger partial charge in [0.25, 0.3) is 0 Å². The van der Waals surface area contributed by atoms with E-state index in [-0.39, 0.29) is 48.0 Å². The van der Waals surface area contributed by atoms with Crippen LogP contribution in [0, 0.1) is 0 Å². The zero-order valence-electron chi connectivity index (χ0n) is 15.3. The van der Waals surface area contributed by atoms with Crippen molar-refractivity contribution >= 4 is 39.4 Å². The number of carbonyl (C=O) groups is 1. The Morgan fingerprint density at radius 2 is 1.97 bits per heavy atom. The predicted octanol–water partition coefficient (Wildman–Crippen LogP) is -1.67. The predicted molar refractivity (Wildman–Crippen MR) is 96.5 cm³/mol. The Bertz CT molecular complexity index is 1190. The third kappa shape index (κ3) is 4.75. The molecule has 3 aromatic rings. The van der Waals surface area contributed by atoms with E-state index in [1.165, 1.54) is 17.4 Å². The van der Waals surface area contributed by atoms with E-state index in [4.69, 9.17) is 0 Å². The summed E-state index contributed by atoms with van der Waals surface area (Å²) in [5.41, 5.74) is 3.06. The maximum Gasteiger partial charge on any atom is 1.00 e. The minimum Gasteiger partial charge on any atom is -0.550 e. The molecule has 2 heterocycles. The van der Waals surface area contributed by atoms with Gasteiger partial charge in [0, 0.05) is 34.7 Å². The molecule has 0 atom stereocenters.